The van der Waals surface area contributed by atoms with Gasteiger partial charge >= 0.3 is 7.12 Å². The second-order valence-corrected chi connectivity index (χ2v) is 4.96. The minimum atomic E-state index is -1.78. The van der Waals surface area contributed by atoms with Crippen molar-refractivity contribution < 1.29 is 19.6 Å². The Kier molecular flexibility index (Phi) is 4.72. The highest BCUT2D eigenvalue weighted by molar-refractivity contribution is 6.44. The van der Waals surface area contributed by atoms with Gasteiger partial charge in [-0.3, -0.25) is 9.59 Å². The largest absolute Gasteiger partial charge is 0.475 e. The van der Waals surface area contributed by atoms with Gasteiger partial charge in [-0.1, -0.05) is 30.3 Å². The summed E-state index contributed by atoms with van der Waals surface area (Å²) in [6.45, 7) is 1.33. The van der Waals surface area contributed by atoms with E-state index in [2.05, 4.69) is 5.32 Å². The number of amides is 1. The second kappa shape index (κ2) is 6.52. The molecule has 0 aliphatic rings. The number of carbonyl (C=O) groups is 2. The molecule has 1 atom stereocenters. The third kappa shape index (κ3) is 3.90. The van der Waals surface area contributed by atoms with Crippen LogP contribution in [-0.4, -0.2) is 34.8 Å². The summed E-state index contributed by atoms with van der Waals surface area (Å²) >= 11 is 0. The number of benzene rings is 2. The van der Waals surface area contributed by atoms with E-state index < -0.39 is 19.0 Å². The Labute approximate surface area is 122 Å². The highest BCUT2D eigenvalue weighted by atomic mass is 16.4. The minimum Gasteiger partial charge on any atom is -0.426 e. The average Bonchev–Trinajstić information content (AvgIpc) is 2.45. The van der Waals surface area contributed by atoms with Gasteiger partial charge < -0.3 is 15.4 Å². The zero-order chi connectivity index (χ0) is 15.4. The van der Waals surface area contributed by atoms with Gasteiger partial charge in [0.15, 0.2) is 0 Å². The monoisotopic (exact) mass is 285 g/mol. The van der Waals surface area contributed by atoms with Gasteiger partial charge in [0.05, 0.1) is 5.94 Å². The maximum Gasteiger partial charge on any atom is 0.475 e. The van der Waals surface area contributed by atoms with E-state index in [-0.39, 0.29) is 12.2 Å². The molecule has 1 amide bonds. The fraction of sp³-hybridized carbons (Fsp3) is 0.200. The van der Waals surface area contributed by atoms with Crippen molar-refractivity contribution in [3.63, 3.8) is 0 Å². The first-order chi connectivity index (χ1) is 9.97. The zero-order valence-electron chi connectivity index (χ0n) is 11.6. The van der Waals surface area contributed by atoms with E-state index in [1.54, 1.807) is 12.1 Å². The van der Waals surface area contributed by atoms with Crippen LogP contribution < -0.4 is 5.32 Å². The molecule has 0 saturated carbocycles. The molecule has 0 saturated heterocycles. The molecule has 2 aromatic rings. The van der Waals surface area contributed by atoms with Crippen molar-refractivity contribution in [3.05, 3.63) is 48.0 Å². The molecule has 0 fully saturated rings. The van der Waals surface area contributed by atoms with E-state index in [9.17, 15) is 19.6 Å². The maximum atomic E-state index is 12.1. The number of fused-ring (bicyclic) bond motifs is 1. The molecule has 0 bridgehead atoms. The van der Waals surface area contributed by atoms with Gasteiger partial charge in [-0.15, -0.1) is 0 Å². The Morgan fingerprint density at radius 2 is 1.81 bits per heavy atom. The number of hydrogen-bond acceptors (Lipinski definition) is 4. The standard InChI is InChI=1S/C15H16BNO4/c1-10(18)8-14(16(20)21)17-15(19)13-7-6-11-4-2-3-5-12(11)9-13/h2-7,9,14,20-21H,8H2,1H3,(H,17,19)/t14-/m1/s1. The van der Waals surface area contributed by atoms with Gasteiger partial charge in [-0.2, -0.15) is 0 Å². The van der Waals surface area contributed by atoms with Crippen LogP contribution in [0.3, 0.4) is 0 Å². The first-order valence-corrected chi connectivity index (χ1v) is 6.62. The first kappa shape index (κ1) is 15.2. The van der Waals surface area contributed by atoms with Crippen molar-refractivity contribution in [1.29, 1.82) is 0 Å². The highest BCUT2D eigenvalue weighted by Gasteiger charge is 2.26. The summed E-state index contributed by atoms with van der Waals surface area (Å²) in [5.41, 5.74) is 0.405. The lowest BCUT2D eigenvalue weighted by Crippen LogP contribution is -2.47. The molecule has 2 rings (SSSR count). The van der Waals surface area contributed by atoms with Crippen LogP contribution in [0.4, 0.5) is 0 Å². The average molecular weight is 285 g/mol. The van der Waals surface area contributed by atoms with Crippen molar-refractivity contribution in [1.82, 2.24) is 5.32 Å². The fourth-order valence-corrected chi connectivity index (χ4v) is 2.12. The van der Waals surface area contributed by atoms with Crippen LogP contribution in [0.2, 0.25) is 0 Å². The lowest BCUT2D eigenvalue weighted by Gasteiger charge is -2.16. The van der Waals surface area contributed by atoms with Gasteiger partial charge in [-0.25, -0.2) is 0 Å². The number of hydrogen-bond donors (Lipinski definition) is 3. The molecule has 0 aliphatic heterocycles. The topological polar surface area (TPSA) is 86.6 Å². The first-order valence-electron chi connectivity index (χ1n) is 6.62. The van der Waals surface area contributed by atoms with Crippen molar-refractivity contribution in [3.8, 4) is 0 Å². The summed E-state index contributed by atoms with van der Waals surface area (Å²) in [7, 11) is -1.78. The molecular weight excluding hydrogens is 269 g/mol. The van der Waals surface area contributed by atoms with Gasteiger partial charge in [-0.05, 0) is 29.8 Å². The van der Waals surface area contributed by atoms with Gasteiger partial charge in [0.1, 0.15) is 5.78 Å². The smallest absolute Gasteiger partial charge is 0.426 e. The fourth-order valence-electron chi connectivity index (χ4n) is 2.12. The molecule has 5 nitrogen and oxygen atoms in total. The molecule has 6 heteroatoms. The van der Waals surface area contributed by atoms with E-state index in [4.69, 9.17) is 0 Å². The molecule has 0 aliphatic carbocycles. The van der Waals surface area contributed by atoms with Crippen LogP contribution in [0.25, 0.3) is 10.8 Å². The van der Waals surface area contributed by atoms with Crippen LogP contribution in [0.1, 0.15) is 23.7 Å². The third-order valence-corrected chi connectivity index (χ3v) is 3.20. The summed E-state index contributed by atoms with van der Waals surface area (Å²) in [6, 6.07) is 12.8. The molecule has 0 radical (unpaired) electrons. The van der Waals surface area contributed by atoms with Gasteiger partial charge in [0.25, 0.3) is 5.91 Å². The minimum absolute atomic E-state index is 0.128. The molecule has 0 spiro atoms. The Morgan fingerprint density at radius 3 is 2.43 bits per heavy atom. The van der Waals surface area contributed by atoms with Crippen molar-refractivity contribution >= 4 is 29.6 Å². The zero-order valence-corrected chi connectivity index (χ0v) is 11.6. The van der Waals surface area contributed by atoms with Gasteiger partial charge in [0, 0.05) is 12.0 Å². The molecule has 0 aromatic heterocycles. The maximum absolute atomic E-state index is 12.1. The lowest BCUT2D eigenvalue weighted by molar-refractivity contribution is -0.117. The van der Waals surface area contributed by atoms with Crippen LogP contribution >= 0.6 is 0 Å². The van der Waals surface area contributed by atoms with Crippen LogP contribution in [-0.2, 0) is 4.79 Å². The number of Topliss-reactive ketones (excluding diaryl/α,β-unsaturated/α-hetero) is 1. The van der Waals surface area contributed by atoms with Crippen LogP contribution in [0.5, 0.6) is 0 Å². The third-order valence-electron chi connectivity index (χ3n) is 3.20. The van der Waals surface area contributed by atoms with E-state index in [0.717, 1.165) is 10.8 Å². The molecule has 2 aromatic carbocycles. The molecule has 0 heterocycles. The molecule has 3 N–H and O–H groups in total. The van der Waals surface area contributed by atoms with Crippen LogP contribution in [0.15, 0.2) is 42.5 Å². The predicted molar refractivity (Wildman–Crippen MR) is 80.7 cm³/mol. The molecule has 0 unspecified atom stereocenters. The van der Waals surface area contributed by atoms with E-state index >= 15 is 0 Å². The Bertz CT molecular complexity index is 672. The van der Waals surface area contributed by atoms with Crippen molar-refractivity contribution in [2.45, 2.75) is 19.3 Å². The summed E-state index contributed by atoms with van der Waals surface area (Å²) in [5, 5.41) is 22.8. The van der Waals surface area contributed by atoms with E-state index in [1.165, 1.54) is 6.92 Å². The Morgan fingerprint density at radius 1 is 1.14 bits per heavy atom. The number of ketones is 1. The van der Waals surface area contributed by atoms with Crippen molar-refractivity contribution in [2.24, 2.45) is 0 Å². The normalized spacial score (nSPS) is 12.0. The Hall–Kier alpha value is -2.18. The SMILES string of the molecule is CC(=O)C[C@@H](NC(=O)c1ccc2ccccc2c1)B(O)O. The Balaban J connectivity index is 2.18. The molecule has 108 valence electrons. The summed E-state index contributed by atoms with van der Waals surface area (Å²) in [6.07, 6.45) is -0.128. The van der Waals surface area contributed by atoms with Crippen molar-refractivity contribution in [2.75, 3.05) is 0 Å². The lowest BCUT2D eigenvalue weighted by atomic mass is 9.76. The number of carbonyl (C=O) groups excluding carboxylic acids is 2. The summed E-state index contributed by atoms with van der Waals surface area (Å²) in [4.78, 5) is 23.2. The summed E-state index contributed by atoms with van der Waals surface area (Å²) < 4.78 is 0. The van der Waals surface area contributed by atoms with Crippen LogP contribution in [0, 0.1) is 0 Å². The predicted octanol–water partition coefficient (Wildman–Crippen LogP) is 0.929. The highest BCUT2D eigenvalue weighted by Crippen LogP contribution is 2.15. The van der Waals surface area contributed by atoms with Gasteiger partial charge in [0.2, 0.25) is 0 Å². The number of rotatable bonds is 5. The van der Waals surface area contributed by atoms with E-state index in [1.807, 2.05) is 30.3 Å². The molecular formula is C15H16BNO4. The summed E-state index contributed by atoms with van der Waals surface area (Å²) in [5.74, 6) is -1.69. The quantitative estimate of drug-likeness (QED) is 0.713. The van der Waals surface area contributed by atoms with E-state index in [0.29, 0.717) is 5.56 Å². The number of nitrogens with one attached hydrogen (secondary N) is 1. The molecule has 21 heavy (non-hydrogen) atoms. The second-order valence-electron chi connectivity index (χ2n) is 4.96.